The van der Waals surface area contributed by atoms with Gasteiger partial charge < -0.3 is 10.2 Å². The van der Waals surface area contributed by atoms with Crippen LogP contribution in [-0.4, -0.2) is 63.8 Å². The number of likely N-dealkylation sites (tertiary alicyclic amines) is 1. The minimum Gasteiger partial charge on any atom is -0.352 e. The Morgan fingerprint density at radius 2 is 1.92 bits per heavy atom. The van der Waals surface area contributed by atoms with Gasteiger partial charge in [-0.05, 0) is 57.1 Å². The average Bonchev–Trinajstić information content (AvgIpc) is 2.59. The number of carbonyl (C=O) groups is 1. The van der Waals surface area contributed by atoms with E-state index >= 15 is 0 Å². The number of amides is 1. The monoisotopic (exact) mass is 353 g/mol. The van der Waals surface area contributed by atoms with E-state index < -0.39 is 10.0 Å². The number of piperidine rings is 1. The van der Waals surface area contributed by atoms with Crippen LogP contribution in [0, 0.1) is 0 Å². The molecule has 1 aromatic rings. The number of carbonyl (C=O) groups excluding carboxylic acids is 1. The van der Waals surface area contributed by atoms with Gasteiger partial charge in [0, 0.05) is 26.2 Å². The zero-order chi connectivity index (χ0) is 17.6. The zero-order valence-corrected chi connectivity index (χ0v) is 15.3. The molecule has 1 aromatic carbocycles. The van der Waals surface area contributed by atoms with Crippen molar-refractivity contribution < 1.29 is 13.2 Å². The first-order valence-corrected chi connectivity index (χ1v) is 9.88. The number of benzene rings is 1. The quantitative estimate of drug-likeness (QED) is 0.755. The number of hydrogen-bond donors (Lipinski definition) is 1. The maximum atomic E-state index is 12.2. The highest BCUT2D eigenvalue weighted by Gasteiger charge is 2.18. The van der Waals surface area contributed by atoms with Gasteiger partial charge in [-0.1, -0.05) is 12.5 Å². The number of sulfonamides is 1. The fraction of sp³-hybridized carbons (Fsp3) is 0.588. The van der Waals surface area contributed by atoms with Crippen LogP contribution in [0.2, 0.25) is 0 Å². The van der Waals surface area contributed by atoms with Gasteiger partial charge in [-0.25, -0.2) is 12.7 Å². The van der Waals surface area contributed by atoms with E-state index in [0.717, 1.165) is 30.4 Å². The summed E-state index contributed by atoms with van der Waals surface area (Å²) < 4.78 is 25.4. The molecule has 7 heteroatoms. The first-order valence-electron chi connectivity index (χ1n) is 8.44. The average molecular weight is 353 g/mol. The van der Waals surface area contributed by atoms with Crippen LogP contribution in [0.15, 0.2) is 29.2 Å². The van der Waals surface area contributed by atoms with E-state index in [-0.39, 0.29) is 10.8 Å². The van der Waals surface area contributed by atoms with Crippen molar-refractivity contribution in [2.24, 2.45) is 0 Å². The molecule has 1 heterocycles. The highest BCUT2D eigenvalue weighted by Crippen LogP contribution is 2.15. The van der Waals surface area contributed by atoms with Gasteiger partial charge in [0.05, 0.1) is 4.90 Å². The van der Waals surface area contributed by atoms with Crippen LogP contribution in [0.5, 0.6) is 0 Å². The number of nitrogens with one attached hydrogen (secondary N) is 1. The summed E-state index contributed by atoms with van der Waals surface area (Å²) in [7, 11) is -0.576. The van der Waals surface area contributed by atoms with E-state index in [4.69, 9.17) is 0 Å². The van der Waals surface area contributed by atoms with Crippen LogP contribution in [0.25, 0.3) is 0 Å². The van der Waals surface area contributed by atoms with Crippen molar-refractivity contribution in [2.45, 2.75) is 30.6 Å². The summed E-state index contributed by atoms with van der Waals surface area (Å²) in [5.74, 6) is -0.232. The van der Waals surface area contributed by atoms with Crippen molar-refractivity contribution >= 4 is 15.9 Å². The summed E-state index contributed by atoms with van der Waals surface area (Å²) in [6.45, 7) is 3.89. The standard InChI is InChI=1S/C17H27N3O3S/c1-19(2)24(22,23)16-9-6-8-15(14-16)17(21)18-10-7-13-20-11-4-3-5-12-20/h6,8-9,14H,3-5,7,10-13H2,1-2H3,(H,18,21). The summed E-state index contributed by atoms with van der Waals surface area (Å²) >= 11 is 0. The molecule has 1 aliphatic rings. The van der Waals surface area contributed by atoms with E-state index in [1.54, 1.807) is 12.1 Å². The molecule has 0 unspecified atom stereocenters. The summed E-state index contributed by atoms with van der Waals surface area (Å²) in [6, 6.07) is 6.16. The Bertz CT molecular complexity index is 653. The van der Waals surface area contributed by atoms with Crippen LogP contribution >= 0.6 is 0 Å². The third-order valence-corrected chi connectivity index (χ3v) is 6.07. The van der Waals surface area contributed by atoms with E-state index in [2.05, 4.69) is 10.2 Å². The van der Waals surface area contributed by atoms with Gasteiger partial charge in [0.15, 0.2) is 0 Å². The Labute approximate surface area is 144 Å². The smallest absolute Gasteiger partial charge is 0.251 e. The molecule has 6 nitrogen and oxygen atoms in total. The summed E-state index contributed by atoms with van der Waals surface area (Å²) in [6.07, 6.45) is 4.75. The van der Waals surface area contributed by atoms with Crippen molar-refractivity contribution in [1.82, 2.24) is 14.5 Å². The number of nitrogens with zero attached hydrogens (tertiary/aromatic N) is 2. The van der Waals surface area contributed by atoms with Crippen molar-refractivity contribution in [3.63, 3.8) is 0 Å². The minimum atomic E-state index is -3.53. The van der Waals surface area contributed by atoms with Gasteiger partial charge in [0.25, 0.3) is 5.91 Å². The second kappa shape index (κ2) is 8.60. The van der Waals surface area contributed by atoms with Crippen molar-refractivity contribution in [2.75, 3.05) is 40.3 Å². The van der Waals surface area contributed by atoms with E-state index in [0.29, 0.717) is 12.1 Å². The Morgan fingerprint density at radius 1 is 1.21 bits per heavy atom. The fourth-order valence-electron chi connectivity index (χ4n) is 2.80. The largest absolute Gasteiger partial charge is 0.352 e. The molecule has 0 bridgehead atoms. The van der Waals surface area contributed by atoms with Crippen molar-refractivity contribution in [1.29, 1.82) is 0 Å². The van der Waals surface area contributed by atoms with Crippen LogP contribution in [0.3, 0.4) is 0 Å². The molecule has 1 aliphatic heterocycles. The Morgan fingerprint density at radius 3 is 2.58 bits per heavy atom. The van der Waals surface area contributed by atoms with E-state index in [1.807, 2.05) is 0 Å². The van der Waals surface area contributed by atoms with Crippen LogP contribution in [-0.2, 0) is 10.0 Å². The second-order valence-electron chi connectivity index (χ2n) is 6.33. The zero-order valence-electron chi connectivity index (χ0n) is 14.5. The summed E-state index contributed by atoms with van der Waals surface area (Å²) in [5, 5.41) is 2.87. The third-order valence-electron chi connectivity index (χ3n) is 4.26. The molecule has 134 valence electrons. The summed E-state index contributed by atoms with van der Waals surface area (Å²) in [5.41, 5.74) is 0.371. The number of rotatable bonds is 7. The third kappa shape index (κ3) is 5.03. The normalized spacial score (nSPS) is 16.3. The van der Waals surface area contributed by atoms with Crippen LogP contribution in [0.4, 0.5) is 0 Å². The Hall–Kier alpha value is -1.44. The van der Waals surface area contributed by atoms with Crippen molar-refractivity contribution in [3.8, 4) is 0 Å². The first kappa shape index (κ1) is 18.9. The molecule has 0 spiro atoms. The lowest BCUT2D eigenvalue weighted by Crippen LogP contribution is -2.33. The predicted molar refractivity (Wildman–Crippen MR) is 94.6 cm³/mol. The summed E-state index contributed by atoms with van der Waals surface area (Å²) in [4.78, 5) is 14.8. The first-order chi connectivity index (χ1) is 11.4. The van der Waals surface area contributed by atoms with Gasteiger partial charge in [0.1, 0.15) is 0 Å². The topological polar surface area (TPSA) is 69.7 Å². The molecule has 1 N–H and O–H groups in total. The molecule has 1 saturated heterocycles. The van der Waals surface area contributed by atoms with Gasteiger partial charge in [-0.2, -0.15) is 0 Å². The molecule has 0 atom stereocenters. The Balaban J connectivity index is 1.86. The molecular formula is C17H27N3O3S. The molecule has 0 saturated carbocycles. The van der Waals surface area contributed by atoms with Gasteiger partial charge in [-0.15, -0.1) is 0 Å². The Kier molecular flexibility index (Phi) is 6.77. The molecule has 0 radical (unpaired) electrons. The van der Waals surface area contributed by atoms with Crippen LogP contribution < -0.4 is 5.32 Å². The molecule has 2 rings (SSSR count). The maximum absolute atomic E-state index is 12.2. The van der Waals surface area contributed by atoms with Gasteiger partial charge in [0.2, 0.25) is 10.0 Å². The molecule has 1 fully saturated rings. The van der Waals surface area contributed by atoms with Crippen LogP contribution in [0.1, 0.15) is 36.0 Å². The molecule has 0 aromatic heterocycles. The van der Waals surface area contributed by atoms with Gasteiger partial charge >= 0.3 is 0 Å². The minimum absolute atomic E-state index is 0.133. The lowest BCUT2D eigenvalue weighted by atomic mass is 10.1. The molecule has 1 amide bonds. The lowest BCUT2D eigenvalue weighted by Gasteiger charge is -2.26. The highest BCUT2D eigenvalue weighted by atomic mass is 32.2. The maximum Gasteiger partial charge on any atom is 0.251 e. The number of hydrogen-bond acceptors (Lipinski definition) is 4. The lowest BCUT2D eigenvalue weighted by molar-refractivity contribution is 0.0951. The SMILES string of the molecule is CN(C)S(=O)(=O)c1cccc(C(=O)NCCCN2CCCCC2)c1. The highest BCUT2D eigenvalue weighted by molar-refractivity contribution is 7.89. The molecule has 0 aliphatic carbocycles. The van der Waals surface area contributed by atoms with Gasteiger partial charge in [-0.3, -0.25) is 4.79 Å². The predicted octanol–water partition coefficient (Wildman–Crippen LogP) is 1.54. The fourth-order valence-corrected chi connectivity index (χ4v) is 3.75. The molecular weight excluding hydrogens is 326 g/mol. The van der Waals surface area contributed by atoms with E-state index in [1.165, 1.54) is 45.5 Å². The molecule has 24 heavy (non-hydrogen) atoms. The second-order valence-corrected chi connectivity index (χ2v) is 8.48. The van der Waals surface area contributed by atoms with Crippen molar-refractivity contribution in [3.05, 3.63) is 29.8 Å². The van der Waals surface area contributed by atoms with E-state index in [9.17, 15) is 13.2 Å².